The van der Waals surface area contributed by atoms with Crippen molar-refractivity contribution in [2.75, 3.05) is 65.3 Å². The molecular formula is C21H30F6N6O5. The third-order valence-electron chi connectivity index (χ3n) is 5.89. The van der Waals surface area contributed by atoms with Crippen molar-refractivity contribution in [1.29, 1.82) is 0 Å². The fourth-order valence-corrected chi connectivity index (χ4v) is 3.73. The number of aliphatic carboxylic acids is 2. The summed E-state index contributed by atoms with van der Waals surface area (Å²) < 4.78 is 63.5. The third-order valence-corrected chi connectivity index (χ3v) is 5.89. The van der Waals surface area contributed by atoms with Gasteiger partial charge < -0.3 is 24.9 Å². The van der Waals surface area contributed by atoms with Crippen LogP contribution >= 0.6 is 0 Å². The van der Waals surface area contributed by atoms with Crippen LogP contribution in [0.2, 0.25) is 0 Å². The van der Waals surface area contributed by atoms with Gasteiger partial charge in [-0.05, 0) is 34.0 Å². The van der Waals surface area contributed by atoms with Crippen molar-refractivity contribution in [2.24, 2.45) is 0 Å². The molecule has 3 heterocycles. The van der Waals surface area contributed by atoms with Crippen LogP contribution in [0, 0.1) is 0 Å². The molecule has 0 aliphatic carbocycles. The van der Waals surface area contributed by atoms with E-state index in [0.717, 1.165) is 57.9 Å². The van der Waals surface area contributed by atoms with Gasteiger partial charge in [-0.15, -0.1) is 0 Å². The summed E-state index contributed by atoms with van der Waals surface area (Å²) in [6.07, 6.45) is -3.26. The van der Waals surface area contributed by atoms with Gasteiger partial charge in [0.25, 0.3) is 0 Å². The highest BCUT2D eigenvalue weighted by Gasteiger charge is 2.49. The van der Waals surface area contributed by atoms with E-state index in [-0.39, 0.29) is 5.54 Å². The number of carbonyl (C=O) groups is 3. The Hall–Kier alpha value is -3.21. The number of halogens is 6. The van der Waals surface area contributed by atoms with Crippen LogP contribution in [0.1, 0.15) is 12.8 Å². The van der Waals surface area contributed by atoms with Gasteiger partial charge in [-0.3, -0.25) is 14.7 Å². The SMILES string of the molecule is CN(C)CCN1CCN(C)C2(CCN(c3cnccn3)CC2)C1=O.O=C(O)C(F)(F)F.O=C(O)C(F)(F)F. The average Bonchev–Trinajstić information content (AvgIpc) is 2.83. The number of anilines is 1. The summed E-state index contributed by atoms with van der Waals surface area (Å²) in [7, 11) is 6.20. The number of nitrogens with zero attached hydrogens (tertiary/aromatic N) is 6. The predicted octanol–water partition coefficient (Wildman–Crippen LogP) is 1.42. The zero-order valence-electron chi connectivity index (χ0n) is 21.0. The van der Waals surface area contributed by atoms with Gasteiger partial charge in [-0.1, -0.05) is 0 Å². The molecule has 1 aromatic rings. The Kier molecular flexibility index (Phi) is 11.7. The number of hydrogen-bond acceptors (Lipinski definition) is 8. The molecule has 17 heteroatoms. The summed E-state index contributed by atoms with van der Waals surface area (Å²) in [4.78, 5) is 48.2. The van der Waals surface area contributed by atoms with Crippen LogP contribution in [-0.2, 0) is 14.4 Å². The lowest BCUT2D eigenvalue weighted by Crippen LogP contribution is -2.68. The second-order valence-electron chi connectivity index (χ2n) is 8.71. The highest BCUT2D eigenvalue weighted by atomic mass is 19.4. The molecule has 1 amide bonds. The number of hydrogen-bond donors (Lipinski definition) is 2. The molecule has 11 nitrogen and oxygen atoms in total. The third kappa shape index (κ3) is 9.59. The van der Waals surface area contributed by atoms with Crippen molar-refractivity contribution in [3.8, 4) is 0 Å². The maximum atomic E-state index is 13.2. The smallest absolute Gasteiger partial charge is 0.475 e. The Morgan fingerprint density at radius 3 is 1.87 bits per heavy atom. The van der Waals surface area contributed by atoms with Gasteiger partial charge in [0, 0.05) is 51.7 Å². The van der Waals surface area contributed by atoms with Gasteiger partial charge >= 0.3 is 24.3 Å². The minimum Gasteiger partial charge on any atom is -0.475 e. The maximum absolute atomic E-state index is 13.2. The largest absolute Gasteiger partial charge is 0.490 e. The minimum absolute atomic E-state index is 0.303. The Balaban J connectivity index is 0.000000426. The molecule has 2 aliphatic rings. The van der Waals surface area contributed by atoms with Crippen LogP contribution < -0.4 is 4.90 Å². The van der Waals surface area contributed by atoms with E-state index in [0.29, 0.717) is 5.91 Å². The number of piperazine rings is 1. The first kappa shape index (κ1) is 32.8. The van der Waals surface area contributed by atoms with Crippen LogP contribution in [0.15, 0.2) is 18.6 Å². The van der Waals surface area contributed by atoms with E-state index < -0.39 is 24.3 Å². The second-order valence-corrected chi connectivity index (χ2v) is 8.71. The highest BCUT2D eigenvalue weighted by Crippen LogP contribution is 2.33. The summed E-state index contributed by atoms with van der Waals surface area (Å²) >= 11 is 0. The Morgan fingerprint density at radius 2 is 1.47 bits per heavy atom. The van der Waals surface area contributed by atoms with Crippen molar-refractivity contribution in [1.82, 2.24) is 24.7 Å². The lowest BCUT2D eigenvalue weighted by atomic mass is 9.82. The van der Waals surface area contributed by atoms with Crippen LogP contribution in [0.3, 0.4) is 0 Å². The molecule has 2 fully saturated rings. The fraction of sp³-hybridized carbons (Fsp3) is 0.667. The van der Waals surface area contributed by atoms with E-state index >= 15 is 0 Å². The highest BCUT2D eigenvalue weighted by molar-refractivity contribution is 5.87. The number of amides is 1. The zero-order chi connectivity index (χ0) is 29.3. The first-order valence-electron chi connectivity index (χ1n) is 11.2. The number of carboxylic acid groups (broad SMARTS) is 2. The van der Waals surface area contributed by atoms with Crippen molar-refractivity contribution in [2.45, 2.75) is 30.7 Å². The molecule has 0 radical (unpaired) electrons. The van der Waals surface area contributed by atoms with Crippen LogP contribution in [-0.4, -0.2) is 131 Å². The van der Waals surface area contributed by atoms with E-state index in [1.807, 2.05) is 0 Å². The molecule has 1 spiro atoms. The van der Waals surface area contributed by atoms with E-state index in [1.54, 1.807) is 18.6 Å². The summed E-state index contributed by atoms with van der Waals surface area (Å²) in [5.41, 5.74) is -0.344. The van der Waals surface area contributed by atoms with Gasteiger partial charge in [0.05, 0.1) is 6.20 Å². The van der Waals surface area contributed by atoms with Gasteiger partial charge in [-0.25, -0.2) is 14.6 Å². The summed E-state index contributed by atoms with van der Waals surface area (Å²) in [6, 6.07) is 0. The Labute approximate surface area is 214 Å². The molecule has 0 aromatic carbocycles. The number of aromatic nitrogens is 2. The van der Waals surface area contributed by atoms with Gasteiger partial charge in [-0.2, -0.15) is 26.3 Å². The maximum Gasteiger partial charge on any atom is 0.490 e. The van der Waals surface area contributed by atoms with E-state index in [2.05, 4.69) is 50.7 Å². The van der Waals surface area contributed by atoms with Gasteiger partial charge in [0.1, 0.15) is 11.4 Å². The summed E-state index contributed by atoms with van der Waals surface area (Å²) in [6.45, 7) is 5.20. The normalized spacial score (nSPS) is 17.9. The van der Waals surface area contributed by atoms with Crippen molar-refractivity contribution in [3.63, 3.8) is 0 Å². The quantitative estimate of drug-likeness (QED) is 0.522. The number of rotatable bonds is 4. The number of carboxylic acids is 2. The minimum atomic E-state index is -5.08. The molecule has 2 aliphatic heterocycles. The Morgan fingerprint density at radius 1 is 0.974 bits per heavy atom. The zero-order valence-corrected chi connectivity index (χ0v) is 21.0. The monoisotopic (exact) mass is 560 g/mol. The predicted molar refractivity (Wildman–Crippen MR) is 121 cm³/mol. The molecule has 216 valence electrons. The molecule has 2 N–H and O–H groups in total. The lowest BCUT2D eigenvalue weighted by Gasteiger charge is -2.51. The molecule has 0 saturated carbocycles. The molecule has 2 saturated heterocycles. The molecule has 0 unspecified atom stereocenters. The topological polar surface area (TPSA) is 130 Å². The number of alkyl halides is 6. The van der Waals surface area contributed by atoms with Crippen LogP contribution in [0.4, 0.5) is 32.2 Å². The summed E-state index contributed by atoms with van der Waals surface area (Å²) in [5.74, 6) is -4.31. The first-order valence-corrected chi connectivity index (χ1v) is 11.2. The van der Waals surface area contributed by atoms with Crippen LogP contribution in [0.5, 0.6) is 0 Å². The van der Waals surface area contributed by atoms with Gasteiger partial charge in [0.2, 0.25) is 5.91 Å². The fourth-order valence-electron chi connectivity index (χ4n) is 3.73. The summed E-state index contributed by atoms with van der Waals surface area (Å²) in [5, 5.41) is 14.2. The van der Waals surface area contributed by atoms with Crippen molar-refractivity contribution in [3.05, 3.63) is 18.6 Å². The first-order chi connectivity index (χ1) is 17.4. The molecule has 1 aromatic heterocycles. The molecular weight excluding hydrogens is 530 g/mol. The molecule has 38 heavy (non-hydrogen) atoms. The standard InChI is InChI=1S/C17H28N6O.2C2HF3O2/c1-20(2)10-12-23-13-11-21(3)17(16(23)24)4-8-22(9-5-17)15-14-18-6-7-19-15;2*3-2(4,5)1(6)7/h6-7,14H,4-5,8-13H2,1-3H3;2*(H,6,7). The van der Waals surface area contributed by atoms with Gasteiger partial charge in [0.15, 0.2) is 0 Å². The van der Waals surface area contributed by atoms with E-state index in [4.69, 9.17) is 19.8 Å². The molecule has 0 atom stereocenters. The van der Waals surface area contributed by atoms with E-state index in [1.165, 1.54) is 0 Å². The Bertz CT molecular complexity index is 899. The van der Waals surface area contributed by atoms with Crippen LogP contribution in [0.25, 0.3) is 0 Å². The molecule has 3 rings (SSSR count). The number of likely N-dealkylation sites (N-methyl/N-ethyl adjacent to an activating group) is 2. The second kappa shape index (κ2) is 13.5. The average molecular weight is 560 g/mol. The molecule has 0 bridgehead atoms. The number of piperidine rings is 1. The van der Waals surface area contributed by atoms with Crippen molar-refractivity contribution < 1.29 is 50.9 Å². The lowest BCUT2D eigenvalue weighted by molar-refractivity contribution is -0.193. The number of carbonyl (C=O) groups excluding carboxylic acids is 1. The van der Waals surface area contributed by atoms with Crippen molar-refractivity contribution >= 4 is 23.7 Å². The van der Waals surface area contributed by atoms with E-state index in [9.17, 15) is 31.1 Å².